The third-order valence-electron chi connectivity index (χ3n) is 5.61. The van der Waals surface area contributed by atoms with Gasteiger partial charge in [-0.05, 0) is 36.6 Å². The predicted octanol–water partition coefficient (Wildman–Crippen LogP) is 4.56. The molecule has 11 heteroatoms. The van der Waals surface area contributed by atoms with E-state index in [0.29, 0.717) is 11.3 Å². The van der Waals surface area contributed by atoms with Crippen LogP contribution < -0.4 is 15.4 Å². The molecule has 3 atom stereocenters. The van der Waals surface area contributed by atoms with Crippen LogP contribution in [0.4, 0.5) is 26.3 Å². The Labute approximate surface area is 184 Å². The third-order valence-corrected chi connectivity index (χ3v) is 5.61. The highest BCUT2D eigenvalue weighted by atomic mass is 19.4. The van der Waals surface area contributed by atoms with E-state index >= 15 is 0 Å². The van der Waals surface area contributed by atoms with E-state index in [1.165, 1.54) is 18.2 Å². The van der Waals surface area contributed by atoms with E-state index in [1.54, 1.807) is 24.3 Å². The molecular weight excluding hydrogens is 454 g/mol. The van der Waals surface area contributed by atoms with Crippen LogP contribution in [-0.4, -0.2) is 30.2 Å². The first kappa shape index (κ1) is 22.9. The number of carbonyl (C=O) groups excluding carboxylic acids is 2. The topological polar surface area (TPSA) is 67.4 Å². The SMILES string of the molecule is O=C(NC1c2ccccc2Oc2ccc(CC(F)(F)F)cc21)C1CCC(C(F)(F)F)NC1=O. The molecule has 2 heterocycles. The van der Waals surface area contributed by atoms with Crippen molar-refractivity contribution in [1.29, 1.82) is 0 Å². The van der Waals surface area contributed by atoms with Gasteiger partial charge in [-0.15, -0.1) is 0 Å². The predicted molar refractivity (Wildman–Crippen MR) is 103 cm³/mol. The average Bonchev–Trinajstić information content (AvgIpc) is 2.72. The van der Waals surface area contributed by atoms with Gasteiger partial charge in [-0.25, -0.2) is 0 Å². The van der Waals surface area contributed by atoms with Gasteiger partial charge in [0.25, 0.3) is 0 Å². The van der Waals surface area contributed by atoms with Crippen molar-refractivity contribution in [3.8, 4) is 11.5 Å². The van der Waals surface area contributed by atoms with E-state index in [2.05, 4.69) is 5.32 Å². The summed E-state index contributed by atoms with van der Waals surface area (Å²) in [5, 5.41) is 4.46. The molecule has 4 rings (SSSR count). The highest BCUT2D eigenvalue weighted by Gasteiger charge is 2.46. The molecule has 1 saturated heterocycles. The maximum Gasteiger partial charge on any atom is 0.408 e. The molecule has 2 aliphatic heterocycles. The van der Waals surface area contributed by atoms with Crippen molar-refractivity contribution in [3.63, 3.8) is 0 Å². The smallest absolute Gasteiger partial charge is 0.408 e. The molecule has 2 aromatic carbocycles. The summed E-state index contributed by atoms with van der Waals surface area (Å²) in [4.78, 5) is 25.1. The monoisotopic (exact) mass is 472 g/mol. The number of halogens is 6. The second kappa shape index (κ2) is 8.27. The van der Waals surface area contributed by atoms with Gasteiger partial charge < -0.3 is 15.4 Å². The van der Waals surface area contributed by atoms with Crippen molar-refractivity contribution in [2.24, 2.45) is 5.92 Å². The van der Waals surface area contributed by atoms with Gasteiger partial charge in [-0.1, -0.05) is 24.3 Å². The standard InChI is InChI=1S/C22H18F6N2O3/c23-21(24,25)10-11-5-7-16-14(9-11)18(12-3-1-2-4-15(12)33-16)30-20(32)13-6-8-17(22(26,27)28)29-19(13)31/h1-5,7,9,13,17-18H,6,8,10H2,(H,29,31)(H,30,32). The Balaban J connectivity index is 1.61. The number of para-hydroxylation sites is 1. The molecule has 176 valence electrons. The van der Waals surface area contributed by atoms with Gasteiger partial charge in [0.1, 0.15) is 23.5 Å². The number of amides is 2. The van der Waals surface area contributed by atoms with Crippen LogP contribution in [0.5, 0.6) is 11.5 Å². The lowest BCUT2D eigenvalue weighted by atomic mass is 9.89. The molecule has 5 nitrogen and oxygen atoms in total. The van der Waals surface area contributed by atoms with E-state index in [1.807, 2.05) is 5.32 Å². The Morgan fingerprint density at radius 1 is 1.00 bits per heavy atom. The van der Waals surface area contributed by atoms with Crippen molar-refractivity contribution >= 4 is 11.8 Å². The lowest BCUT2D eigenvalue weighted by Crippen LogP contribution is -2.54. The first-order chi connectivity index (χ1) is 15.4. The highest BCUT2D eigenvalue weighted by Crippen LogP contribution is 2.43. The second-order valence-corrected chi connectivity index (χ2v) is 7.98. The summed E-state index contributed by atoms with van der Waals surface area (Å²) in [5.74, 6) is -2.63. The highest BCUT2D eigenvalue weighted by molar-refractivity contribution is 6.01. The van der Waals surface area contributed by atoms with E-state index in [0.717, 1.165) is 0 Å². The Morgan fingerprint density at radius 2 is 1.70 bits per heavy atom. The van der Waals surface area contributed by atoms with Crippen LogP contribution in [-0.2, 0) is 16.0 Å². The largest absolute Gasteiger partial charge is 0.457 e. The van der Waals surface area contributed by atoms with Crippen LogP contribution >= 0.6 is 0 Å². The van der Waals surface area contributed by atoms with E-state index in [-0.39, 0.29) is 23.3 Å². The number of carbonyl (C=O) groups is 2. The van der Waals surface area contributed by atoms with Crippen LogP contribution in [0.3, 0.4) is 0 Å². The number of hydrogen-bond acceptors (Lipinski definition) is 3. The Bertz CT molecular complexity index is 1080. The molecule has 2 N–H and O–H groups in total. The molecular formula is C22H18F6N2O3. The van der Waals surface area contributed by atoms with Crippen molar-refractivity contribution in [1.82, 2.24) is 10.6 Å². The maximum atomic E-state index is 12.9. The molecule has 3 unspecified atom stereocenters. The lowest BCUT2D eigenvalue weighted by Gasteiger charge is -2.33. The van der Waals surface area contributed by atoms with Crippen LogP contribution in [0.2, 0.25) is 0 Å². The van der Waals surface area contributed by atoms with Crippen molar-refractivity contribution in [3.05, 3.63) is 59.2 Å². The van der Waals surface area contributed by atoms with Gasteiger partial charge in [-0.2, -0.15) is 26.3 Å². The zero-order chi connectivity index (χ0) is 24.0. The van der Waals surface area contributed by atoms with Gasteiger partial charge in [0.2, 0.25) is 11.8 Å². The molecule has 0 spiro atoms. The Hall–Kier alpha value is -3.24. The zero-order valence-electron chi connectivity index (χ0n) is 16.9. The summed E-state index contributed by atoms with van der Waals surface area (Å²) in [6.45, 7) is 0. The fourth-order valence-corrected chi connectivity index (χ4v) is 4.06. The van der Waals surface area contributed by atoms with E-state index < -0.39 is 55.0 Å². The minimum absolute atomic E-state index is 0.0492. The number of rotatable bonds is 3. The van der Waals surface area contributed by atoms with Gasteiger partial charge in [-0.3, -0.25) is 9.59 Å². The molecule has 33 heavy (non-hydrogen) atoms. The number of ether oxygens (including phenoxy) is 1. The van der Waals surface area contributed by atoms with Crippen LogP contribution in [0, 0.1) is 5.92 Å². The minimum Gasteiger partial charge on any atom is -0.457 e. The molecule has 0 bridgehead atoms. The number of alkyl halides is 6. The fourth-order valence-electron chi connectivity index (χ4n) is 4.06. The number of nitrogens with one attached hydrogen (secondary N) is 2. The van der Waals surface area contributed by atoms with Crippen molar-refractivity contribution in [2.45, 2.75) is 43.7 Å². The summed E-state index contributed by atoms with van der Waals surface area (Å²) in [5.41, 5.74) is 0.659. The molecule has 1 fully saturated rings. The lowest BCUT2D eigenvalue weighted by molar-refractivity contribution is -0.171. The van der Waals surface area contributed by atoms with Crippen LogP contribution in [0.1, 0.15) is 35.6 Å². The fraction of sp³-hybridized carbons (Fsp3) is 0.364. The normalized spacial score (nSPS) is 22.5. The molecule has 2 amide bonds. The van der Waals surface area contributed by atoms with Crippen LogP contribution in [0.25, 0.3) is 0 Å². The maximum absolute atomic E-state index is 12.9. The van der Waals surface area contributed by atoms with E-state index in [4.69, 9.17) is 4.74 Å². The Morgan fingerprint density at radius 3 is 2.36 bits per heavy atom. The summed E-state index contributed by atoms with van der Waals surface area (Å²) in [6.07, 6.45) is -11.0. The Kier molecular flexibility index (Phi) is 5.75. The summed E-state index contributed by atoms with van der Waals surface area (Å²) >= 11 is 0. The number of piperidine rings is 1. The van der Waals surface area contributed by atoms with Crippen LogP contribution in [0.15, 0.2) is 42.5 Å². The number of benzene rings is 2. The third kappa shape index (κ3) is 4.91. The summed E-state index contributed by atoms with van der Waals surface area (Å²) in [6, 6.07) is 7.48. The summed E-state index contributed by atoms with van der Waals surface area (Å²) < 4.78 is 83.1. The van der Waals surface area contributed by atoms with Crippen molar-refractivity contribution in [2.75, 3.05) is 0 Å². The zero-order valence-corrected chi connectivity index (χ0v) is 16.9. The second-order valence-electron chi connectivity index (χ2n) is 7.98. The van der Waals surface area contributed by atoms with Gasteiger partial charge in [0, 0.05) is 11.1 Å². The van der Waals surface area contributed by atoms with Gasteiger partial charge in [0.05, 0.1) is 12.5 Å². The molecule has 0 aromatic heterocycles. The first-order valence-corrected chi connectivity index (χ1v) is 10.1. The number of fused-ring (bicyclic) bond motifs is 2. The molecule has 0 saturated carbocycles. The van der Waals surface area contributed by atoms with E-state index in [9.17, 15) is 35.9 Å². The summed E-state index contributed by atoms with van der Waals surface area (Å²) in [7, 11) is 0. The molecule has 2 aromatic rings. The van der Waals surface area contributed by atoms with Gasteiger partial charge in [0.15, 0.2) is 0 Å². The first-order valence-electron chi connectivity index (χ1n) is 10.1. The minimum atomic E-state index is -4.62. The average molecular weight is 472 g/mol. The molecule has 0 radical (unpaired) electrons. The van der Waals surface area contributed by atoms with Crippen molar-refractivity contribution < 1.29 is 40.7 Å². The molecule has 0 aliphatic carbocycles. The van der Waals surface area contributed by atoms with Gasteiger partial charge >= 0.3 is 12.4 Å². The quantitative estimate of drug-likeness (QED) is 0.509. The number of hydrogen-bond donors (Lipinski definition) is 2. The molecule has 2 aliphatic rings.